The lowest BCUT2D eigenvalue weighted by atomic mass is 10.2. The Morgan fingerprint density at radius 1 is 1.37 bits per heavy atom. The average Bonchev–Trinajstić information content (AvgIpc) is 2.91. The molecule has 2 heterocycles. The van der Waals surface area contributed by atoms with Crippen LogP contribution in [-0.4, -0.2) is 21.5 Å². The number of aliphatic hydroxyl groups excluding tert-OH is 1. The lowest BCUT2D eigenvalue weighted by Gasteiger charge is -2.04. The number of hydrogen-bond donors (Lipinski definition) is 1. The maximum Gasteiger partial charge on any atom is 0.433 e. The molecule has 0 fully saturated rings. The number of rotatable bonds is 4. The standard InChI is InChI=1S/C12H13F3N2OS/c1-17-11(12(13,14)15)7-9(16-17)10-5-4-8(19-10)3-2-6-18/h4-5,7,18H,2-3,6H2,1H3. The predicted molar refractivity (Wildman–Crippen MR) is 66.9 cm³/mol. The first-order chi connectivity index (χ1) is 8.91. The van der Waals surface area contributed by atoms with Crippen molar-refractivity contribution in [2.75, 3.05) is 6.61 Å². The zero-order chi connectivity index (χ0) is 14.0. The molecule has 0 bridgehead atoms. The van der Waals surface area contributed by atoms with Gasteiger partial charge in [0.15, 0.2) is 0 Å². The molecule has 0 saturated heterocycles. The fraction of sp³-hybridized carbons (Fsp3) is 0.417. The lowest BCUT2D eigenvalue weighted by Crippen LogP contribution is -2.11. The minimum atomic E-state index is -4.39. The van der Waals surface area contributed by atoms with Crippen molar-refractivity contribution in [3.05, 3.63) is 28.8 Å². The average molecular weight is 290 g/mol. The van der Waals surface area contributed by atoms with Gasteiger partial charge in [-0.3, -0.25) is 4.68 Å². The third kappa shape index (κ3) is 3.16. The Morgan fingerprint density at radius 3 is 2.68 bits per heavy atom. The molecule has 0 radical (unpaired) electrons. The Balaban J connectivity index is 2.25. The number of nitrogens with zero attached hydrogens (tertiary/aromatic N) is 2. The molecule has 104 valence electrons. The van der Waals surface area contributed by atoms with E-state index in [1.54, 1.807) is 6.07 Å². The van der Waals surface area contributed by atoms with E-state index in [-0.39, 0.29) is 6.61 Å². The van der Waals surface area contributed by atoms with Gasteiger partial charge in [0.05, 0.1) is 4.88 Å². The predicted octanol–water partition coefficient (Wildman–Crippen LogP) is 3.09. The van der Waals surface area contributed by atoms with Gasteiger partial charge in [0, 0.05) is 18.5 Å². The second-order valence-electron chi connectivity index (χ2n) is 4.13. The van der Waals surface area contributed by atoms with Crippen molar-refractivity contribution in [2.24, 2.45) is 7.05 Å². The largest absolute Gasteiger partial charge is 0.433 e. The van der Waals surface area contributed by atoms with Crippen molar-refractivity contribution in [3.63, 3.8) is 0 Å². The molecular weight excluding hydrogens is 277 g/mol. The zero-order valence-electron chi connectivity index (χ0n) is 10.2. The van der Waals surface area contributed by atoms with Crippen LogP contribution in [0.4, 0.5) is 13.2 Å². The summed E-state index contributed by atoms with van der Waals surface area (Å²) in [6, 6.07) is 4.68. The molecule has 0 unspecified atom stereocenters. The van der Waals surface area contributed by atoms with Crippen LogP contribution >= 0.6 is 11.3 Å². The molecule has 0 aliphatic rings. The summed E-state index contributed by atoms with van der Waals surface area (Å²) < 4.78 is 38.8. The van der Waals surface area contributed by atoms with Gasteiger partial charge in [-0.05, 0) is 31.0 Å². The number of aromatic nitrogens is 2. The Bertz CT molecular complexity index is 560. The van der Waals surface area contributed by atoms with Crippen molar-refractivity contribution >= 4 is 11.3 Å². The molecule has 0 saturated carbocycles. The van der Waals surface area contributed by atoms with Crippen LogP contribution in [0, 0.1) is 0 Å². The van der Waals surface area contributed by atoms with Gasteiger partial charge in [-0.25, -0.2) is 0 Å². The molecule has 1 N–H and O–H groups in total. The van der Waals surface area contributed by atoms with Crippen molar-refractivity contribution in [1.82, 2.24) is 9.78 Å². The summed E-state index contributed by atoms with van der Waals surface area (Å²) in [6.07, 6.45) is -3.02. The molecule has 2 aromatic rings. The second-order valence-corrected chi connectivity index (χ2v) is 5.30. The van der Waals surface area contributed by atoms with Gasteiger partial charge in [-0.1, -0.05) is 0 Å². The maximum atomic E-state index is 12.7. The first-order valence-electron chi connectivity index (χ1n) is 5.73. The normalized spacial score (nSPS) is 12.1. The van der Waals surface area contributed by atoms with E-state index in [1.807, 2.05) is 6.07 Å². The van der Waals surface area contributed by atoms with Crippen molar-refractivity contribution in [3.8, 4) is 10.6 Å². The molecule has 2 rings (SSSR count). The van der Waals surface area contributed by atoms with Crippen LogP contribution in [0.3, 0.4) is 0 Å². The van der Waals surface area contributed by atoms with Crippen LogP contribution in [0.25, 0.3) is 10.6 Å². The smallest absolute Gasteiger partial charge is 0.396 e. The molecule has 2 aromatic heterocycles. The first-order valence-corrected chi connectivity index (χ1v) is 6.54. The highest BCUT2D eigenvalue weighted by Gasteiger charge is 2.35. The summed E-state index contributed by atoms with van der Waals surface area (Å²) in [4.78, 5) is 1.74. The molecular formula is C12H13F3N2OS. The van der Waals surface area contributed by atoms with E-state index in [4.69, 9.17) is 5.11 Å². The third-order valence-corrected chi connectivity index (χ3v) is 3.83. The summed E-state index contributed by atoms with van der Waals surface area (Å²) in [5.74, 6) is 0. The molecule has 3 nitrogen and oxygen atoms in total. The summed E-state index contributed by atoms with van der Waals surface area (Å²) in [7, 11) is 1.28. The Morgan fingerprint density at radius 2 is 2.11 bits per heavy atom. The number of aliphatic hydroxyl groups is 1. The second kappa shape index (κ2) is 5.34. The minimum Gasteiger partial charge on any atom is -0.396 e. The van der Waals surface area contributed by atoms with Gasteiger partial charge in [-0.15, -0.1) is 11.3 Å². The van der Waals surface area contributed by atoms with Crippen molar-refractivity contribution in [2.45, 2.75) is 19.0 Å². The maximum absolute atomic E-state index is 12.7. The van der Waals surface area contributed by atoms with Gasteiger partial charge in [0.2, 0.25) is 0 Å². The van der Waals surface area contributed by atoms with E-state index >= 15 is 0 Å². The van der Waals surface area contributed by atoms with Gasteiger partial charge >= 0.3 is 6.18 Å². The van der Waals surface area contributed by atoms with Crippen LogP contribution in [0.5, 0.6) is 0 Å². The highest BCUT2D eigenvalue weighted by molar-refractivity contribution is 7.15. The van der Waals surface area contributed by atoms with Gasteiger partial charge in [-0.2, -0.15) is 18.3 Å². The van der Waals surface area contributed by atoms with E-state index in [2.05, 4.69) is 5.10 Å². The molecule has 0 amide bonds. The Hall–Kier alpha value is -1.34. The summed E-state index contributed by atoms with van der Waals surface area (Å²) >= 11 is 1.40. The number of alkyl halides is 3. The summed E-state index contributed by atoms with van der Waals surface area (Å²) in [5.41, 5.74) is -0.428. The quantitative estimate of drug-likeness (QED) is 0.939. The van der Waals surface area contributed by atoms with E-state index in [0.29, 0.717) is 17.0 Å². The fourth-order valence-electron chi connectivity index (χ4n) is 1.76. The monoisotopic (exact) mass is 290 g/mol. The van der Waals surface area contributed by atoms with Gasteiger partial charge < -0.3 is 5.11 Å². The summed E-state index contributed by atoms with van der Waals surface area (Å²) in [6.45, 7) is 0.106. The molecule has 0 atom stereocenters. The molecule has 7 heteroatoms. The number of halogens is 3. The highest BCUT2D eigenvalue weighted by Crippen LogP contribution is 2.34. The fourth-order valence-corrected chi connectivity index (χ4v) is 2.76. The molecule has 0 aliphatic heterocycles. The SMILES string of the molecule is Cn1nc(-c2ccc(CCCO)s2)cc1C(F)(F)F. The number of thiophene rings is 1. The Labute approximate surface area is 112 Å². The van der Waals surface area contributed by atoms with Crippen molar-refractivity contribution in [1.29, 1.82) is 0 Å². The Kier molecular flexibility index (Phi) is 3.96. The molecule has 0 aliphatic carbocycles. The van der Waals surface area contributed by atoms with E-state index in [1.165, 1.54) is 18.4 Å². The van der Waals surface area contributed by atoms with Crippen LogP contribution in [0.15, 0.2) is 18.2 Å². The first kappa shape index (κ1) is 14.1. The topological polar surface area (TPSA) is 38.0 Å². The van der Waals surface area contributed by atoms with Gasteiger partial charge in [0.1, 0.15) is 11.4 Å². The molecule has 0 spiro atoms. The van der Waals surface area contributed by atoms with Crippen LogP contribution in [-0.2, 0) is 19.6 Å². The van der Waals surface area contributed by atoms with Crippen molar-refractivity contribution < 1.29 is 18.3 Å². The molecule has 0 aromatic carbocycles. The lowest BCUT2D eigenvalue weighted by molar-refractivity contribution is -0.143. The number of hydrogen-bond acceptors (Lipinski definition) is 3. The third-order valence-electron chi connectivity index (χ3n) is 2.67. The highest BCUT2D eigenvalue weighted by atomic mass is 32.1. The molecule has 19 heavy (non-hydrogen) atoms. The zero-order valence-corrected chi connectivity index (χ0v) is 11.1. The van der Waals surface area contributed by atoms with Crippen LogP contribution in [0.1, 0.15) is 17.0 Å². The number of aryl methyl sites for hydroxylation is 2. The van der Waals surface area contributed by atoms with Gasteiger partial charge in [0.25, 0.3) is 0 Å². The van der Waals surface area contributed by atoms with E-state index in [0.717, 1.165) is 22.0 Å². The van der Waals surface area contributed by atoms with Crippen LogP contribution < -0.4 is 0 Å². The van der Waals surface area contributed by atoms with E-state index < -0.39 is 11.9 Å². The van der Waals surface area contributed by atoms with E-state index in [9.17, 15) is 13.2 Å². The van der Waals surface area contributed by atoms with Crippen LogP contribution in [0.2, 0.25) is 0 Å². The minimum absolute atomic E-state index is 0.106. The summed E-state index contributed by atoms with van der Waals surface area (Å²) in [5, 5.41) is 12.6.